The predicted octanol–water partition coefficient (Wildman–Crippen LogP) is 4.14. The topological polar surface area (TPSA) is 58.2 Å². The fourth-order valence-corrected chi connectivity index (χ4v) is 3.85. The highest BCUT2D eigenvalue weighted by atomic mass is 16.2. The third-order valence-electron chi connectivity index (χ3n) is 5.31. The average Bonchev–Trinajstić information content (AvgIpc) is 2.96. The molecule has 4 nitrogen and oxygen atoms in total. The van der Waals surface area contributed by atoms with Gasteiger partial charge in [0.15, 0.2) is 11.6 Å². The molecular weight excluding hydrogens is 336 g/mol. The van der Waals surface area contributed by atoms with Crippen molar-refractivity contribution < 1.29 is 9.59 Å². The number of fused-ring (bicyclic) bond motifs is 1. The summed E-state index contributed by atoms with van der Waals surface area (Å²) < 4.78 is 0. The Morgan fingerprint density at radius 1 is 0.593 bits per heavy atom. The Labute approximate surface area is 158 Å². The van der Waals surface area contributed by atoms with Gasteiger partial charge in [0.1, 0.15) is 5.41 Å². The van der Waals surface area contributed by atoms with E-state index in [1.54, 1.807) is 24.3 Å². The number of hydrogen-bond acceptors (Lipinski definition) is 4. The number of carbonyl (C=O) groups is 2. The second-order valence-corrected chi connectivity index (χ2v) is 6.61. The summed E-state index contributed by atoms with van der Waals surface area (Å²) in [6, 6.07) is 22.1. The number of carbonyl (C=O) groups excluding carboxylic acids is 2. The first-order valence-corrected chi connectivity index (χ1v) is 8.88. The molecule has 0 unspecified atom stereocenters. The maximum Gasteiger partial charge on any atom is 0.186 e. The smallest absolute Gasteiger partial charge is 0.186 e. The zero-order chi connectivity index (χ0) is 19.0. The summed E-state index contributed by atoms with van der Waals surface area (Å²) in [5.41, 5.74) is 2.85. The van der Waals surface area contributed by atoms with Crippen LogP contribution in [0.15, 0.2) is 72.8 Å². The van der Waals surface area contributed by atoms with E-state index in [9.17, 15) is 9.59 Å². The zero-order valence-electron chi connectivity index (χ0n) is 15.2. The van der Waals surface area contributed by atoms with Gasteiger partial charge in [-0.2, -0.15) is 0 Å². The normalized spacial score (nSPS) is 14.7. The average molecular weight is 356 g/mol. The Morgan fingerprint density at radius 2 is 0.963 bits per heavy atom. The molecule has 0 bridgehead atoms. The summed E-state index contributed by atoms with van der Waals surface area (Å²) in [5.74, 6) is -0.338. The van der Waals surface area contributed by atoms with Gasteiger partial charge < -0.3 is 10.6 Å². The van der Waals surface area contributed by atoms with Gasteiger partial charge in [-0.1, -0.05) is 48.5 Å². The second-order valence-electron chi connectivity index (χ2n) is 6.61. The number of ketones is 2. The summed E-state index contributed by atoms with van der Waals surface area (Å²) in [4.78, 5) is 27.2. The van der Waals surface area contributed by atoms with Gasteiger partial charge in [-0.3, -0.25) is 9.59 Å². The molecule has 0 saturated heterocycles. The van der Waals surface area contributed by atoms with Crippen LogP contribution in [0.5, 0.6) is 0 Å². The molecule has 1 aliphatic rings. The van der Waals surface area contributed by atoms with Crippen molar-refractivity contribution in [3.8, 4) is 0 Å². The molecule has 4 rings (SSSR count). The quantitative estimate of drug-likeness (QED) is 0.690. The highest BCUT2D eigenvalue weighted by Crippen LogP contribution is 2.45. The second kappa shape index (κ2) is 6.40. The van der Waals surface area contributed by atoms with Gasteiger partial charge in [0, 0.05) is 36.6 Å². The van der Waals surface area contributed by atoms with E-state index in [-0.39, 0.29) is 11.6 Å². The molecule has 0 amide bonds. The van der Waals surface area contributed by atoms with Crippen molar-refractivity contribution in [2.24, 2.45) is 0 Å². The van der Waals surface area contributed by atoms with E-state index in [1.165, 1.54) is 0 Å². The van der Waals surface area contributed by atoms with Crippen LogP contribution in [0.3, 0.4) is 0 Å². The molecular formula is C23H20N2O2. The third kappa shape index (κ3) is 2.37. The van der Waals surface area contributed by atoms with Gasteiger partial charge in [-0.15, -0.1) is 0 Å². The fourth-order valence-electron chi connectivity index (χ4n) is 3.85. The summed E-state index contributed by atoms with van der Waals surface area (Å²) in [6.45, 7) is 0. The predicted molar refractivity (Wildman–Crippen MR) is 108 cm³/mol. The number of anilines is 2. The first-order valence-electron chi connectivity index (χ1n) is 8.88. The Kier molecular flexibility index (Phi) is 4.04. The van der Waals surface area contributed by atoms with Crippen LogP contribution in [0.4, 0.5) is 11.4 Å². The Bertz CT molecular complexity index is 937. The number of nitrogens with one attached hydrogen (secondary N) is 2. The third-order valence-corrected chi connectivity index (χ3v) is 5.31. The molecule has 3 aromatic carbocycles. The summed E-state index contributed by atoms with van der Waals surface area (Å²) in [7, 11) is 3.67. The van der Waals surface area contributed by atoms with Crippen LogP contribution in [0.25, 0.3) is 0 Å². The Morgan fingerprint density at radius 3 is 1.30 bits per heavy atom. The van der Waals surface area contributed by atoms with Crippen molar-refractivity contribution in [1.82, 2.24) is 0 Å². The van der Waals surface area contributed by atoms with Gasteiger partial charge in [0.05, 0.1) is 0 Å². The molecule has 0 radical (unpaired) electrons. The lowest BCUT2D eigenvalue weighted by Gasteiger charge is -2.27. The van der Waals surface area contributed by atoms with Crippen molar-refractivity contribution in [3.63, 3.8) is 0 Å². The highest BCUT2D eigenvalue weighted by Gasteiger charge is 2.55. The van der Waals surface area contributed by atoms with Crippen molar-refractivity contribution in [2.45, 2.75) is 5.41 Å². The molecule has 0 aromatic heterocycles. The van der Waals surface area contributed by atoms with Crippen LogP contribution in [0.2, 0.25) is 0 Å². The molecule has 27 heavy (non-hydrogen) atoms. The molecule has 0 aliphatic heterocycles. The molecule has 1 aliphatic carbocycles. The standard InChI is InChI=1S/C23H20N2O2/c1-24-17-11-7-15(8-12-17)23(16-9-13-18(25-2)14-10-16)21(26)19-5-3-4-6-20(19)22(23)27/h3-14,24-25H,1-2H3. The molecule has 0 spiro atoms. The van der Waals surface area contributed by atoms with E-state index in [1.807, 2.05) is 62.6 Å². The van der Waals surface area contributed by atoms with Crippen molar-refractivity contribution >= 4 is 22.9 Å². The first-order chi connectivity index (χ1) is 13.1. The largest absolute Gasteiger partial charge is 0.388 e. The summed E-state index contributed by atoms with van der Waals surface area (Å²) in [5, 5.41) is 6.15. The minimum atomic E-state index is -1.35. The fraction of sp³-hybridized carbons (Fsp3) is 0.130. The van der Waals surface area contributed by atoms with Gasteiger partial charge >= 0.3 is 0 Å². The van der Waals surface area contributed by atoms with E-state index in [4.69, 9.17) is 0 Å². The van der Waals surface area contributed by atoms with Crippen LogP contribution in [0.1, 0.15) is 31.8 Å². The molecule has 2 N–H and O–H groups in total. The molecule has 3 aromatic rings. The van der Waals surface area contributed by atoms with Gasteiger partial charge in [-0.05, 0) is 35.4 Å². The minimum Gasteiger partial charge on any atom is -0.388 e. The lowest BCUT2D eigenvalue weighted by molar-refractivity contribution is 0.0829. The highest BCUT2D eigenvalue weighted by molar-refractivity contribution is 6.35. The lowest BCUT2D eigenvalue weighted by Crippen LogP contribution is -2.39. The lowest BCUT2D eigenvalue weighted by atomic mass is 9.70. The van der Waals surface area contributed by atoms with Gasteiger partial charge in [0.25, 0.3) is 0 Å². The van der Waals surface area contributed by atoms with E-state index < -0.39 is 5.41 Å². The van der Waals surface area contributed by atoms with Crippen LogP contribution >= 0.6 is 0 Å². The van der Waals surface area contributed by atoms with E-state index >= 15 is 0 Å². The maximum atomic E-state index is 13.6. The molecule has 0 atom stereocenters. The number of benzene rings is 3. The van der Waals surface area contributed by atoms with Crippen molar-refractivity contribution in [2.75, 3.05) is 24.7 Å². The van der Waals surface area contributed by atoms with E-state index in [0.717, 1.165) is 11.4 Å². The molecule has 0 saturated carbocycles. The number of hydrogen-bond donors (Lipinski definition) is 2. The molecule has 0 heterocycles. The van der Waals surface area contributed by atoms with Crippen LogP contribution < -0.4 is 10.6 Å². The van der Waals surface area contributed by atoms with Crippen LogP contribution in [0, 0.1) is 0 Å². The number of rotatable bonds is 4. The maximum absolute atomic E-state index is 13.6. The van der Waals surface area contributed by atoms with Crippen LogP contribution in [-0.2, 0) is 5.41 Å². The molecule has 4 heteroatoms. The van der Waals surface area contributed by atoms with Crippen molar-refractivity contribution in [1.29, 1.82) is 0 Å². The van der Waals surface area contributed by atoms with E-state index in [2.05, 4.69) is 10.6 Å². The summed E-state index contributed by atoms with van der Waals surface area (Å²) in [6.07, 6.45) is 0. The molecule has 134 valence electrons. The van der Waals surface area contributed by atoms with Crippen molar-refractivity contribution in [3.05, 3.63) is 95.1 Å². The van der Waals surface area contributed by atoms with Crippen LogP contribution in [-0.4, -0.2) is 25.7 Å². The zero-order valence-corrected chi connectivity index (χ0v) is 15.2. The van der Waals surface area contributed by atoms with Gasteiger partial charge in [0.2, 0.25) is 0 Å². The Hall–Kier alpha value is -3.40. The SMILES string of the molecule is CNc1ccc(C2(c3ccc(NC)cc3)C(=O)c3ccccc3C2=O)cc1. The van der Waals surface area contributed by atoms with E-state index in [0.29, 0.717) is 22.3 Å². The summed E-state index contributed by atoms with van der Waals surface area (Å²) >= 11 is 0. The number of Topliss-reactive ketones (excluding diaryl/α,β-unsaturated/α-hetero) is 2. The monoisotopic (exact) mass is 356 g/mol. The van der Waals surface area contributed by atoms with Gasteiger partial charge in [-0.25, -0.2) is 0 Å². The first kappa shape index (κ1) is 17.0. The molecule has 0 fully saturated rings. The minimum absolute atomic E-state index is 0.169. The Balaban J connectivity index is 1.98.